The van der Waals surface area contributed by atoms with Gasteiger partial charge in [0.2, 0.25) is 0 Å². The summed E-state index contributed by atoms with van der Waals surface area (Å²) in [4.78, 5) is 0. The van der Waals surface area contributed by atoms with Gasteiger partial charge >= 0.3 is 0 Å². The second-order valence-corrected chi connectivity index (χ2v) is 14.4. The van der Waals surface area contributed by atoms with Crippen molar-refractivity contribution >= 4 is 11.4 Å². The molecule has 0 spiro atoms. The summed E-state index contributed by atoms with van der Waals surface area (Å²) in [6.07, 6.45) is 16.9. The SMILES string of the molecule is CC(C)CCC[C@@H](C)[C@H]1C(Oc2c(N)cccc2N)C[C@H]2[C@@H]3CCC4CCCC[C@]4(C)[C@H]3CC[C@]12C. The van der Waals surface area contributed by atoms with Gasteiger partial charge in [-0.05, 0) is 103 Å². The fraction of sp³-hybridized carbons (Fsp3) is 0.818. The van der Waals surface area contributed by atoms with Crippen LogP contribution in [0.5, 0.6) is 5.75 Å². The molecule has 0 radical (unpaired) electrons. The van der Waals surface area contributed by atoms with Crippen LogP contribution < -0.4 is 16.2 Å². The Morgan fingerprint density at radius 3 is 2.36 bits per heavy atom. The molecule has 2 unspecified atom stereocenters. The van der Waals surface area contributed by atoms with Gasteiger partial charge in [0, 0.05) is 5.92 Å². The van der Waals surface area contributed by atoms with Crippen molar-refractivity contribution in [3.05, 3.63) is 18.2 Å². The van der Waals surface area contributed by atoms with E-state index in [0.29, 0.717) is 34.0 Å². The van der Waals surface area contributed by atoms with Crippen molar-refractivity contribution < 1.29 is 4.74 Å². The van der Waals surface area contributed by atoms with E-state index in [2.05, 4.69) is 34.6 Å². The summed E-state index contributed by atoms with van der Waals surface area (Å²) in [5, 5.41) is 0. The van der Waals surface area contributed by atoms with E-state index in [4.69, 9.17) is 16.2 Å². The third kappa shape index (κ3) is 4.45. The van der Waals surface area contributed by atoms with Crippen LogP contribution in [-0.2, 0) is 0 Å². The average molecular weight is 495 g/mol. The van der Waals surface area contributed by atoms with E-state index < -0.39 is 0 Å². The number of rotatable bonds is 7. The molecular formula is C33H54N2O. The summed E-state index contributed by atoms with van der Waals surface area (Å²) in [6.45, 7) is 12.6. The molecule has 4 aliphatic carbocycles. The van der Waals surface area contributed by atoms with Crippen molar-refractivity contribution in [2.45, 2.75) is 118 Å². The molecule has 0 bridgehead atoms. The Kier molecular flexibility index (Phi) is 7.33. The number of benzene rings is 1. The maximum atomic E-state index is 6.92. The molecule has 0 aliphatic heterocycles. The van der Waals surface area contributed by atoms with Crippen LogP contribution in [0.3, 0.4) is 0 Å². The summed E-state index contributed by atoms with van der Waals surface area (Å²) in [5.41, 5.74) is 15.1. The quantitative estimate of drug-likeness (QED) is 0.372. The molecule has 4 saturated carbocycles. The van der Waals surface area contributed by atoms with E-state index in [-0.39, 0.29) is 6.10 Å². The highest BCUT2D eigenvalue weighted by molar-refractivity contribution is 5.67. The van der Waals surface area contributed by atoms with Gasteiger partial charge in [0.1, 0.15) is 6.10 Å². The molecule has 4 fully saturated rings. The summed E-state index contributed by atoms with van der Waals surface area (Å²) >= 11 is 0. The number of anilines is 2. The Morgan fingerprint density at radius 1 is 0.889 bits per heavy atom. The van der Waals surface area contributed by atoms with Gasteiger partial charge in [0.15, 0.2) is 5.75 Å². The zero-order valence-electron chi connectivity index (χ0n) is 23.9. The average Bonchev–Trinajstić information content (AvgIpc) is 3.13. The van der Waals surface area contributed by atoms with Crippen LogP contribution in [0.25, 0.3) is 0 Å². The van der Waals surface area contributed by atoms with Crippen molar-refractivity contribution in [3.63, 3.8) is 0 Å². The Bertz CT molecular complexity index is 893. The third-order valence-corrected chi connectivity index (χ3v) is 12.1. The van der Waals surface area contributed by atoms with Crippen LogP contribution in [0.4, 0.5) is 11.4 Å². The fourth-order valence-electron chi connectivity index (χ4n) is 10.3. The highest BCUT2D eigenvalue weighted by Gasteiger charge is 2.63. The highest BCUT2D eigenvalue weighted by atomic mass is 16.5. The van der Waals surface area contributed by atoms with Crippen LogP contribution in [0.2, 0.25) is 0 Å². The molecule has 1 aromatic rings. The maximum absolute atomic E-state index is 6.92. The first-order valence-electron chi connectivity index (χ1n) is 15.5. The third-order valence-electron chi connectivity index (χ3n) is 12.1. The molecule has 0 aromatic heterocycles. The standard InChI is InChI=1S/C33H54N2O/c1-21(2)10-8-11-22(3)30-29(36-31-27(34)13-9-14-28(31)35)20-26-24-16-15-23-12-6-7-18-32(23,4)25(24)17-19-33(26,30)5/h9,13-14,21-26,29-30H,6-8,10-12,15-20,34-35H2,1-5H3/t22-,23?,24-,25+,26+,29?,30+,32+,33+/m1/s1. The topological polar surface area (TPSA) is 61.3 Å². The first-order valence-corrected chi connectivity index (χ1v) is 15.5. The largest absolute Gasteiger partial charge is 0.486 e. The predicted molar refractivity (Wildman–Crippen MR) is 153 cm³/mol. The second kappa shape index (κ2) is 10.1. The number of ether oxygens (including phenoxy) is 1. The lowest BCUT2D eigenvalue weighted by Gasteiger charge is -2.60. The predicted octanol–water partition coefficient (Wildman–Crippen LogP) is 8.72. The molecule has 9 atom stereocenters. The van der Waals surface area contributed by atoms with Gasteiger partial charge in [-0.1, -0.05) is 72.8 Å². The van der Waals surface area contributed by atoms with Crippen LogP contribution in [0.1, 0.15) is 112 Å². The fourth-order valence-corrected chi connectivity index (χ4v) is 10.3. The van der Waals surface area contributed by atoms with Crippen LogP contribution >= 0.6 is 0 Å². The van der Waals surface area contributed by atoms with Crippen LogP contribution in [0.15, 0.2) is 18.2 Å². The maximum Gasteiger partial charge on any atom is 0.165 e. The van der Waals surface area contributed by atoms with Gasteiger partial charge in [0.05, 0.1) is 11.4 Å². The van der Waals surface area contributed by atoms with Gasteiger partial charge in [-0.2, -0.15) is 0 Å². The summed E-state index contributed by atoms with van der Waals surface area (Å²) in [6, 6.07) is 5.82. The molecule has 4 N–H and O–H groups in total. The number of fused-ring (bicyclic) bond motifs is 5. The van der Waals surface area contributed by atoms with E-state index in [1.165, 1.54) is 77.0 Å². The smallest absolute Gasteiger partial charge is 0.165 e. The molecule has 36 heavy (non-hydrogen) atoms. The lowest BCUT2D eigenvalue weighted by Crippen LogP contribution is -2.53. The minimum atomic E-state index is 0.219. The second-order valence-electron chi connectivity index (χ2n) is 14.4. The normalized spacial score (nSPS) is 40.8. The Hall–Kier alpha value is -1.38. The van der Waals surface area contributed by atoms with Crippen LogP contribution in [0, 0.1) is 52.3 Å². The van der Waals surface area contributed by atoms with Crippen molar-refractivity contribution in [2.75, 3.05) is 11.5 Å². The first-order chi connectivity index (χ1) is 17.1. The number of nitrogens with two attached hydrogens (primary N) is 2. The monoisotopic (exact) mass is 494 g/mol. The molecule has 0 saturated heterocycles. The van der Waals surface area contributed by atoms with E-state index in [1.807, 2.05) is 18.2 Å². The molecule has 0 amide bonds. The van der Waals surface area contributed by atoms with Crippen molar-refractivity contribution in [1.82, 2.24) is 0 Å². The van der Waals surface area contributed by atoms with Gasteiger partial charge in [-0.25, -0.2) is 0 Å². The number of para-hydroxylation sites is 1. The molecule has 202 valence electrons. The van der Waals surface area contributed by atoms with Gasteiger partial charge in [-0.15, -0.1) is 0 Å². The van der Waals surface area contributed by atoms with Crippen LogP contribution in [-0.4, -0.2) is 6.10 Å². The molecule has 3 heteroatoms. The zero-order chi connectivity index (χ0) is 25.7. The molecular weight excluding hydrogens is 440 g/mol. The minimum Gasteiger partial charge on any atom is -0.486 e. The molecule has 5 rings (SSSR count). The van der Waals surface area contributed by atoms with Gasteiger partial charge < -0.3 is 16.2 Å². The summed E-state index contributed by atoms with van der Waals surface area (Å²) in [5.74, 6) is 6.28. The molecule has 0 heterocycles. The number of hydrogen-bond acceptors (Lipinski definition) is 3. The molecule has 4 aliphatic rings. The number of hydrogen-bond donors (Lipinski definition) is 2. The molecule has 3 nitrogen and oxygen atoms in total. The van der Waals surface area contributed by atoms with Crippen molar-refractivity contribution in [3.8, 4) is 5.75 Å². The van der Waals surface area contributed by atoms with E-state index in [0.717, 1.165) is 35.3 Å². The lowest BCUT2D eigenvalue weighted by atomic mass is 9.44. The zero-order valence-corrected chi connectivity index (χ0v) is 23.9. The molecule has 1 aromatic carbocycles. The highest BCUT2D eigenvalue weighted by Crippen LogP contribution is 2.68. The van der Waals surface area contributed by atoms with E-state index >= 15 is 0 Å². The van der Waals surface area contributed by atoms with E-state index in [9.17, 15) is 0 Å². The first kappa shape index (κ1) is 26.2. The summed E-state index contributed by atoms with van der Waals surface area (Å²) in [7, 11) is 0. The van der Waals surface area contributed by atoms with Crippen molar-refractivity contribution in [2.24, 2.45) is 52.3 Å². The van der Waals surface area contributed by atoms with Gasteiger partial charge in [-0.3, -0.25) is 0 Å². The van der Waals surface area contributed by atoms with E-state index in [1.54, 1.807) is 0 Å². The minimum absolute atomic E-state index is 0.219. The summed E-state index contributed by atoms with van der Waals surface area (Å²) < 4.78 is 6.92. The van der Waals surface area contributed by atoms with Gasteiger partial charge in [0.25, 0.3) is 0 Å². The Labute approximate surface area is 221 Å². The van der Waals surface area contributed by atoms with Crippen molar-refractivity contribution in [1.29, 1.82) is 0 Å². The number of nitrogen functional groups attached to an aromatic ring is 2. The Balaban J connectivity index is 1.44. The Morgan fingerprint density at radius 2 is 1.64 bits per heavy atom. The lowest BCUT2D eigenvalue weighted by molar-refractivity contribution is -0.115.